The number of rotatable bonds is 8. The van der Waals surface area contributed by atoms with Gasteiger partial charge in [0.15, 0.2) is 0 Å². The van der Waals surface area contributed by atoms with Gasteiger partial charge in [-0.05, 0) is 24.3 Å². The predicted molar refractivity (Wildman–Crippen MR) is 61.9 cm³/mol. The zero-order valence-electron chi connectivity index (χ0n) is 9.25. The van der Waals surface area contributed by atoms with Crippen LogP contribution < -0.4 is 5.32 Å². The second-order valence-corrected chi connectivity index (χ2v) is 4.84. The molecule has 0 saturated carbocycles. The largest absolute Gasteiger partial charge is 0.480 e. The van der Waals surface area contributed by atoms with Crippen LogP contribution in [0.25, 0.3) is 0 Å². The number of nitrogens with one attached hydrogen (secondary N) is 1. The van der Waals surface area contributed by atoms with Crippen molar-refractivity contribution in [2.45, 2.75) is 45.7 Å². The van der Waals surface area contributed by atoms with E-state index in [1.165, 1.54) is 0 Å². The van der Waals surface area contributed by atoms with Crippen LogP contribution in [0, 0.1) is 0 Å². The van der Waals surface area contributed by atoms with Crippen molar-refractivity contribution in [1.82, 2.24) is 5.32 Å². The summed E-state index contributed by atoms with van der Waals surface area (Å²) in [5, 5.41) is 12.0. The molecular formula is C10H21NO2S. The predicted octanol–water partition coefficient (Wildman–Crippen LogP) is 1.97. The molecule has 0 spiro atoms. The summed E-state index contributed by atoms with van der Waals surface area (Å²) in [4.78, 5) is 10.8. The lowest BCUT2D eigenvalue weighted by Gasteiger charge is -2.16. The van der Waals surface area contributed by atoms with Gasteiger partial charge in [0.2, 0.25) is 0 Å². The quantitative estimate of drug-likeness (QED) is 0.613. The molecule has 0 saturated heterocycles. The van der Waals surface area contributed by atoms with Gasteiger partial charge < -0.3 is 10.4 Å². The van der Waals surface area contributed by atoms with E-state index >= 15 is 0 Å². The van der Waals surface area contributed by atoms with Gasteiger partial charge in [-0.1, -0.05) is 20.8 Å². The van der Waals surface area contributed by atoms with Crippen molar-refractivity contribution >= 4 is 17.7 Å². The second kappa shape index (κ2) is 8.12. The topological polar surface area (TPSA) is 49.3 Å². The SMILES string of the molecule is CCCSCCC(NC(C)C)C(=O)O. The summed E-state index contributed by atoms with van der Waals surface area (Å²) in [7, 11) is 0. The van der Waals surface area contributed by atoms with Crippen molar-refractivity contribution in [2.24, 2.45) is 0 Å². The highest BCUT2D eigenvalue weighted by atomic mass is 32.2. The van der Waals surface area contributed by atoms with Gasteiger partial charge in [0.1, 0.15) is 6.04 Å². The lowest BCUT2D eigenvalue weighted by atomic mass is 10.2. The van der Waals surface area contributed by atoms with Crippen LogP contribution in [-0.2, 0) is 4.79 Å². The molecule has 0 heterocycles. The van der Waals surface area contributed by atoms with Gasteiger partial charge in [-0.15, -0.1) is 0 Å². The zero-order valence-corrected chi connectivity index (χ0v) is 10.1. The Kier molecular flexibility index (Phi) is 7.99. The Bertz CT molecular complexity index is 162. The first kappa shape index (κ1) is 13.8. The molecule has 0 aromatic rings. The maximum absolute atomic E-state index is 10.8. The average molecular weight is 219 g/mol. The first-order valence-corrected chi connectivity index (χ1v) is 6.30. The summed E-state index contributed by atoms with van der Waals surface area (Å²) in [6.07, 6.45) is 1.86. The molecule has 3 nitrogen and oxygen atoms in total. The van der Waals surface area contributed by atoms with E-state index in [9.17, 15) is 4.79 Å². The molecule has 0 bridgehead atoms. The van der Waals surface area contributed by atoms with Crippen molar-refractivity contribution in [1.29, 1.82) is 0 Å². The van der Waals surface area contributed by atoms with Gasteiger partial charge in [0.05, 0.1) is 0 Å². The summed E-state index contributed by atoms with van der Waals surface area (Å²) < 4.78 is 0. The van der Waals surface area contributed by atoms with Crippen LogP contribution in [0.5, 0.6) is 0 Å². The molecule has 0 amide bonds. The standard InChI is InChI=1S/C10H21NO2S/c1-4-6-14-7-5-9(10(12)13)11-8(2)3/h8-9,11H,4-7H2,1-3H3,(H,12,13). The number of hydrogen-bond donors (Lipinski definition) is 2. The molecule has 4 heteroatoms. The van der Waals surface area contributed by atoms with Crippen LogP contribution in [0.2, 0.25) is 0 Å². The highest BCUT2D eigenvalue weighted by molar-refractivity contribution is 7.99. The third kappa shape index (κ3) is 7.21. The smallest absolute Gasteiger partial charge is 0.320 e. The van der Waals surface area contributed by atoms with Crippen molar-refractivity contribution < 1.29 is 9.90 Å². The molecule has 0 aliphatic carbocycles. The summed E-state index contributed by atoms with van der Waals surface area (Å²) >= 11 is 1.82. The van der Waals surface area contributed by atoms with Crippen molar-refractivity contribution in [3.8, 4) is 0 Å². The molecule has 2 N–H and O–H groups in total. The van der Waals surface area contributed by atoms with E-state index in [4.69, 9.17) is 5.11 Å². The third-order valence-electron chi connectivity index (χ3n) is 1.73. The molecular weight excluding hydrogens is 198 g/mol. The number of carboxylic acids is 1. The molecule has 1 unspecified atom stereocenters. The van der Waals surface area contributed by atoms with E-state index in [0.717, 1.165) is 17.9 Å². The monoisotopic (exact) mass is 219 g/mol. The van der Waals surface area contributed by atoms with Gasteiger partial charge in [0.25, 0.3) is 0 Å². The molecule has 84 valence electrons. The van der Waals surface area contributed by atoms with Gasteiger partial charge in [0, 0.05) is 6.04 Å². The first-order chi connectivity index (χ1) is 6.57. The van der Waals surface area contributed by atoms with Crippen molar-refractivity contribution in [3.05, 3.63) is 0 Å². The summed E-state index contributed by atoms with van der Waals surface area (Å²) in [5.41, 5.74) is 0. The molecule has 14 heavy (non-hydrogen) atoms. The van der Waals surface area contributed by atoms with Crippen LogP contribution in [0.4, 0.5) is 0 Å². The highest BCUT2D eigenvalue weighted by Crippen LogP contribution is 2.07. The fraction of sp³-hybridized carbons (Fsp3) is 0.900. The van der Waals surface area contributed by atoms with Crippen LogP contribution in [0.15, 0.2) is 0 Å². The van der Waals surface area contributed by atoms with E-state index < -0.39 is 5.97 Å². The average Bonchev–Trinajstić information content (AvgIpc) is 2.09. The minimum absolute atomic E-state index is 0.229. The molecule has 0 aromatic carbocycles. The number of hydrogen-bond acceptors (Lipinski definition) is 3. The molecule has 0 aliphatic heterocycles. The van der Waals surface area contributed by atoms with Crippen LogP contribution >= 0.6 is 11.8 Å². The van der Waals surface area contributed by atoms with E-state index in [1.54, 1.807) is 0 Å². The van der Waals surface area contributed by atoms with Gasteiger partial charge in [-0.2, -0.15) is 11.8 Å². The molecule has 0 rings (SSSR count). The van der Waals surface area contributed by atoms with Gasteiger partial charge >= 0.3 is 5.97 Å². The maximum Gasteiger partial charge on any atom is 0.320 e. The lowest BCUT2D eigenvalue weighted by molar-refractivity contribution is -0.139. The number of aliphatic carboxylic acids is 1. The van der Waals surface area contributed by atoms with Crippen LogP contribution in [-0.4, -0.2) is 34.7 Å². The third-order valence-corrected chi connectivity index (χ3v) is 2.95. The van der Waals surface area contributed by atoms with E-state index in [-0.39, 0.29) is 12.1 Å². The van der Waals surface area contributed by atoms with E-state index in [0.29, 0.717) is 6.42 Å². The maximum atomic E-state index is 10.8. The normalized spacial score (nSPS) is 13.1. The van der Waals surface area contributed by atoms with Gasteiger partial charge in [-0.25, -0.2) is 0 Å². The van der Waals surface area contributed by atoms with Crippen molar-refractivity contribution in [2.75, 3.05) is 11.5 Å². The summed E-state index contributed by atoms with van der Waals surface area (Å²) in [6.45, 7) is 6.07. The van der Waals surface area contributed by atoms with Crippen molar-refractivity contribution in [3.63, 3.8) is 0 Å². The summed E-state index contributed by atoms with van der Waals surface area (Å²) in [6, 6.07) is -0.161. The minimum atomic E-state index is -0.740. The van der Waals surface area contributed by atoms with E-state index in [2.05, 4.69) is 12.2 Å². The fourth-order valence-electron chi connectivity index (χ4n) is 1.13. The Balaban J connectivity index is 3.68. The number of thioether (sulfide) groups is 1. The fourth-order valence-corrected chi connectivity index (χ4v) is 2.02. The Hall–Kier alpha value is -0.220. The highest BCUT2D eigenvalue weighted by Gasteiger charge is 2.16. The summed E-state index contributed by atoms with van der Waals surface area (Å²) in [5.74, 6) is 1.30. The molecule has 0 aliphatic rings. The number of carboxylic acid groups (broad SMARTS) is 1. The minimum Gasteiger partial charge on any atom is -0.480 e. The number of carbonyl (C=O) groups is 1. The van der Waals surface area contributed by atoms with E-state index in [1.807, 2.05) is 25.6 Å². The molecule has 0 radical (unpaired) electrons. The Morgan fingerprint density at radius 1 is 1.43 bits per heavy atom. The lowest BCUT2D eigenvalue weighted by Crippen LogP contribution is -2.41. The molecule has 0 fully saturated rings. The van der Waals surface area contributed by atoms with Gasteiger partial charge in [-0.3, -0.25) is 4.79 Å². The second-order valence-electron chi connectivity index (χ2n) is 3.61. The Morgan fingerprint density at radius 2 is 2.07 bits per heavy atom. The van der Waals surface area contributed by atoms with Crippen LogP contribution in [0.3, 0.4) is 0 Å². The Morgan fingerprint density at radius 3 is 2.50 bits per heavy atom. The first-order valence-electron chi connectivity index (χ1n) is 5.14. The zero-order chi connectivity index (χ0) is 11.0. The molecule has 1 atom stereocenters. The Labute approximate surface area is 90.7 Å². The molecule has 0 aromatic heterocycles. The van der Waals surface area contributed by atoms with Crippen LogP contribution in [0.1, 0.15) is 33.6 Å².